The molecule has 0 spiro atoms. The highest BCUT2D eigenvalue weighted by atomic mass is 16.3. The van der Waals surface area contributed by atoms with Crippen LogP contribution in [-0.4, -0.2) is 35.2 Å². The minimum Gasteiger partial charge on any atom is -0.467 e. The maximum absolute atomic E-state index is 12.5. The summed E-state index contributed by atoms with van der Waals surface area (Å²) >= 11 is 0. The van der Waals surface area contributed by atoms with Crippen molar-refractivity contribution in [3.8, 4) is 0 Å². The molecule has 1 aliphatic heterocycles. The molecule has 9 nitrogen and oxygen atoms in total. The lowest BCUT2D eigenvalue weighted by molar-refractivity contribution is -0.116. The lowest BCUT2D eigenvalue weighted by Gasteiger charge is -2.13. The zero-order chi connectivity index (χ0) is 24.1. The van der Waals surface area contributed by atoms with Gasteiger partial charge in [-0.3, -0.25) is 19.3 Å². The number of furan rings is 1. The first kappa shape index (κ1) is 22.8. The van der Waals surface area contributed by atoms with Crippen LogP contribution in [0.3, 0.4) is 0 Å². The Labute approximate surface area is 196 Å². The molecule has 0 unspecified atom stereocenters. The van der Waals surface area contributed by atoms with Crippen LogP contribution in [-0.2, 0) is 11.3 Å². The van der Waals surface area contributed by atoms with E-state index in [2.05, 4.69) is 16.0 Å². The second kappa shape index (κ2) is 10.0. The summed E-state index contributed by atoms with van der Waals surface area (Å²) in [5.41, 5.74) is 2.87. The van der Waals surface area contributed by atoms with Gasteiger partial charge in [0.2, 0.25) is 5.91 Å². The van der Waals surface area contributed by atoms with E-state index in [1.165, 1.54) is 11.2 Å². The predicted molar refractivity (Wildman–Crippen MR) is 125 cm³/mol. The van der Waals surface area contributed by atoms with E-state index < -0.39 is 0 Å². The minimum absolute atomic E-state index is 0.154. The SMILES string of the molecule is Cc1ccc2c(c1)C(=O)N(CCCC(=O)Nc1ccc(NC(=O)NCc3ccco3)cc1)C2=O. The number of amides is 5. The summed E-state index contributed by atoms with van der Waals surface area (Å²) in [6, 6.07) is 15.0. The fraction of sp³-hybridized carbons (Fsp3) is 0.200. The maximum Gasteiger partial charge on any atom is 0.319 e. The molecule has 1 aliphatic rings. The van der Waals surface area contributed by atoms with Crippen molar-refractivity contribution in [2.45, 2.75) is 26.3 Å². The second-order valence-electron chi connectivity index (χ2n) is 7.93. The van der Waals surface area contributed by atoms with Gasteiger partial charge < -0.3 is 20.4 Å². The number of imide groups is 1. The zero-order valence-electron chi connectivity index (χ0n) is 18.6. The van der Waals surface area contributed by atoms with Crippen molar-refractivity contribution in [3.63, 3.8) is 0 Å². The highest BCUT2D eigenvalue weighted by molar-refractivity contribution is 6.21. The molecule has 3 N–H and O–H groups in total. The van der Waals surface area contributed by atoms with Crippen molar-refractivity contribution in [2.75, 3.05) is 17.2 Å². The fourth-order valence-electron chi connectivity index (χ4n) is 3.62. The molecule has 2 aromatic carbocycles. The van der Waals surface area contributed by atoms with Crippen molar-refractivity contribution >= 4 is 35.1 Å². The van der Waals surface area contributed by atoms with Crippen LogP contribution in [0.1, 0.15) is 44.9 Å². The Morgan fingerprint density at radius 3 is 2.32 bits per heavy atom. The van der Waals surface area contributed by atoms with Gasteiger partial charge in [-0.1, -0.05) is 11.6 Å². The lowest BCUT2D eigenvalue weighted by atomic mass is 10.1. The summed E-state index contributed by atoms with van der Waals surface area (Å²) in [5, 5.41) is 8.14. The Morgan fingerprint density at radius 2 is 1.62 bits per heavy atom. The standard InChI is InChI=1S/C25H24N4O5/c1-16-6-11-20-21(14-16)24(32)29(23(20)31)12-2-5-22(30)27-17-7-9-18(10-8-17)28-25(33)26-15-19-4-3-13-34-19/h3-4,6-11,13-14H,2,5,12,15H2,1H3,(H,27,30)(H2,26,28,33). The van der Waals surface area contributed by atoms with Crippen molar-refractivity contribution in [1.29, 1.82) is 0 Å². The van der Waals surface area contributed by atoms with Crippen LogP contribution < -0.4 is 16.0 Å². The molecule has 1 aromatic heterocycles. The molecule has 4 rings (SSSR count). The van der Waals surface area contributed by atoms with E-state index in [1.54, 1.807) is 54.6 Å². The summed E-state index contributed by atoms with van der Waals surface area (Å²) in [7, 11) is 0. The van der Waals surface area contributed by atoms with Gasteiger partial charge in [-0.2, -0.15) is 0 Å². The number of benzene rings is 2. The number of nitrogens with zero attached hydrogens (tertiary/aromatic N) is 1. The molecule has 3 aromatic rings. The smallest absolute Gasteiger partial charge is 0.319 e. The quantitative estimate of drug-likeness (QED) is 0.440. The van der Waals surface area contributed by atoms with Gasteiger partial charge in [0, 0.05) is 24.3 Å². The second-order valence-corrected chi connectivity index (χ2v) is 7.93. The minimum atomic E-state index is -0.378. The highest BCUT2D eigenvalue weighted by Crippen LogP contribution is 2.24. The van der Waals surface area contributed by atoms with Crippen LogP contribution in [0.2, 0.25) is 0 Å². The molecule has 2 heterocycles. The first-order chi connectivity index (χ1) is 16.4. The van der Waals surface area contributed by atoms with Crippen molar-refractivity contribution in [1.82, 2.24) is 10.2 Å². The van der Waals surface area contributed by atoms with Gasteiger partial charge in [-0.15, -0.1) is 0 Å². The number of carbonyl (C=O) groups excluding carboxylic acids is 4. The Balaban J connectivity index is 1.20. The van der Waals surface area contributed by atoms with E-state index >= 15 is 0 Å². The third-order valence-corrected chi connectivity index (χ3v) is 5.34. The third-order valence-electron chi connectivity index (χ3n) is 5.34. The molecule has 0 saturated carbocycles. The van der Waals surface area contributed by atoms with Gasteiger partial charge >= 0.3 is 6.03 Å². The number of rotatable bonds is 8. The Hall–Kier alpha value is -4.40. The fourth-order valence-corrected chi connectivity index (χ4v) is 3.62. The highest BCUT2D eigenvalue weighted by Gasteiger charge is 2.34. The number of aryl methyl sites for hydroxylation is 1. The Kier molecular flexibility index (Phi) is 6.72. The monoisotopic (exact) mass is 460 g/mol. The molecule has 34 heavy (non-hydrogen) atoms. The van der Waals surface area contributed by atoms with Crippen LogP contribution in [0.15, 0.2) is 65.3 Å². The molecule has 0 saturated heterocycles. The van der Waals surface area contributed by atoms with Gasteiger partial charge in [-0.25, -0.2) is 4.79 Å². The zero-order valence-corrected chi connectivity index (χ0v) is 18.6. The van der Waals surface area contributed by atoms with Gasteiger partial charge in [0.1, 0.15) is 5.76 Å². The molecular formula is C25H24N4O5. The third kappa shape index (κ3) is 5.32. The molecule has 0 aliphatic carbocycles. The van der Waals surface area contributed by atoms with Crippen LogP contribution in [0.4, 0.5) is 16.2 Å². The largest absolute Gasteiger partial charge is 0.467 e. The topological polar surface area (TPSA) is 121 Å². The molecule has 0 bridgehead atoms. The van der Waals surface area contributed by atoms with Crippen molar-refractivity contribution < 1.29 is 23.6 Å². The van der Waals surface area contributed by atoms with E-state index in [4.69, 9.17) is 4.42 Å². The summed E-state index contributed by atoms with van der Waals surface area (Å²) < 4.78 is 5.15. The molecule has 0 fully saturated rings. The normalized spacial score (nSPS) is 12.4. The molecule has 0 atom stereocenters. The average molecular weight is 460 g/mol. The van der Waals surface area contributed by atoms with E-state index in [0.717, 1.165) is 5.56 Å². The van der Waals surface area contributed by atoms with E-state index in [9.17, 15) is 19.2 Å². The first-order valence-corrected chi connectivity index (χ1v) is 10.8. The molecule has 9 heteroatoms. The maximum atomic E-state index is 12.5. The molecule has 174 valence electrons. The summed E-state index contributed by atoms with van der Waals surface area (Å²) in [4.78, 5) is 50.4. The number of fused-ring (bicyclic) bond motifs is 1. The van der Waals surface area contributed by atoms with E-state index in [0.29, 0.717) is 34.7 Å². The van der Waals surface area contributed by atoms with E-state index in [-0.39, 0.29) is 43.3 Å². The van der Waals surface area contributed by atoms with Crippen LogP contribution in [0.5, 0.6) is 0 Å². The van der Waals surface area contributed by atoms with Crippen LogP contribution in [0.25, 0.3) is 0 Å². The number of anilines is 2. The van der Waals surface area contributed by atoms with Crippen molar-refractivity contribution in [3.05, 3.63) is 83.3 Å². The number of urea groups is 1. The first-order valence-electron chi connectivity index (χ1n) is 10.8. The number of carbonyl (C=O) groups is 4. The summed E-state index contributed by atoms with van der Waals surface area (Å²) in [6.45, 7) is 2.31. The predicted octanol–water partition coefficient (Wildman–Crippen LogP) is 3.92. The summed E-state index contributed by atoms with van der Waals surface area (Å²) in [6.07, 6.45) is 2.04. The van der Waals surface area contributed by atoms with Crippen molar-refractivity contribution in [2.24, 2.45) is 0 Å². The Bertz CT molecular complexity index is 1220. The van der Waals surface area contributed by atoms with Gasteiger partial charge in [-0.05, 0) is 61.9 Å². The molecule has 0 radical (unpaired) electrons. The lowest BCUT2D eigenvalue weighted by Crippen LogP contribution is -2.31. The Morgan fingerprint density at radius 1 is 0.912 bits per heavy atom. The van der Waals surface area contributed by atoms with Gasteiger partial charge in [0.25, 0.3) is 11.8 Å². The van der Waals surface area contributed by atoms with Gasteiger partial charge in [0.05, 0.1) is 23.9 Å². The number of hydrogen-bond acceptors (Lipinski definition) is 5. The molecule has 5 amide bonds. The summed E-state index contributed by atoms with van der Waals surface area (Å²) in [5.74, 6) is -0.229. The van der Waals surface area contributed by atoms with E-state index in [1.807, 2.05) is 6.92 Å². The van der Waals surface area contributed by atoms with Crippen LogP contribution >= 0.6 is 0 Å². The molecular weight excluding hydrogens is 436 g/mol. The van der Waals surface area contributed by atoms with Crippen LogP contribution in [0, 0.1) is 6.92 Å². The van der Waals surface area contributed by atoms with Gasteiger partial charge in [0.15, 0.2) is 0 Å². The number of hydrogen-bond donors (Lipinski definition) is 3. The number of nitrogens with one attached hydrogen (secondary N) is 3. The average Bonchev–Trinajstić information content (AvgIpc) is 3.42.